The van der Waals surface area contributed by atoms with Crippen molar-refractivity contribution in [1.82, 2.24) is 5.32 Å². The van der Waals surface area contributed by atoms with E-state index in [2.05, 4.69) is 5.32 Å². The lowest BCUT2D eigenvalue weighted by Crippen LogP contribution is -2.28. The maximum absolute atomic E-state index is 12.5. The number of benzene rings is 2. The van der Waals surface area contributed by atoms with Crippen molar-refractivity contribution in [1.29, 1.82) is 0 Å². The van der Waals surface area contributed by atoms with Gasteiger partial charge in [-0.25, -0.2) is 8.42 Å². The van der Waals surface area contributed by atoms with Crippen molar-refractivity contribution < 1.29 is 17.9 Å². The minimum atomic E-state index is -3.23. The summed E-state index contributed by atoms with van der Waals surface area (Å²) in [6.45, 7) is 1.96. The lowest BCUT2D eigenvalue weighted by molar-refractivity contribution is 0.0932. The fourth-order valence-electron chi connectivity index (χ4n) is 2.44. The average molecular weight is 347 g/mol. The van der Waals surface area contributed by atoms with Crippen molar-refractivity contribution in [3.63, 3.8) is 0 Å². The van der Waals surface area contributed by atoms with E-state index in [1.165, 1.54) is 13.4 Å². The molecule has 128 valence electrons. The van der Waals surface area contributed by atoms with Gasteiger partial charge in [-0.2, -0.15) is 0 Å². The molecular formula is C18H21NO4S. The Hall–Kier alpha value is -2.34. The zero-order valence-electron chi connectivity index (χ0n) is 13.9. The predicted molar refractivity (Wildman–Crippen MR) is 93.0 cm³/mol. The summed E-state index contributed by atoms with van der Waals surface area (Å²) in [5.74, 6) is 0.281. The molecule has 0 aliphatic heterocycles. The number of hydrogen-bond acceptors (Lipinski definition) is 4. The molecule has 5 nitrogen and oxygen atoms in total. The van der Waals surface area contributed by atoms with Gasteiger partial charge in [0.25, 0.3) is 5.91 Å². The molecule has 1 unspecified atom stereocenters. The van der Waals surface area contributed by atoms with E-state index in [0.29, 0.717) is 17.7 Å². The molecule has 0 spiro atoms. The smallest absolute Gasteiger partial charge is 0.255 e. The highest BCUT2D eigenvalue weighted by Crippen LogP contribution is 2.22. The molecule has 0 saturated heterocycles. The zero-order valence-corrected chi connectivity index (χ0v) is 14.8. The van der Waals surface area contributed by atoms with Crippen LogP contribution in [0.4, 0.5) is 0 Å². The molecule has 0 heterocycles. The standard InChI is InChI=1S/C18H21NO4S/c1-4-16(13-9-11-14(12-10-13)24(3,21)22)19-18(20)15-7-5-6-8-17(15)23-2/h5-12,16H,4H2,1-3H3,(H,19,20). The summed E-state index contributed by atoms with van der Waals surface area (Å²) >= 11 is 0. The zero-order chi connectivity index (χ0) is 17.7. The number of methoxy groups -OCH3 is 1. The molecule has 0 aliphatic rings. The van der Waals surface area contributed by atoms with Crippen LogP contribution in [0.5, 0.6) is 5.75 Å². The Morgan fingerprint density at radius 1 is 1.12 bits per heavy atom. The molecule has 1 N–H and O–H groups in total. The van der Waals surface area contributed by atoms with E-state index in [-0.39, 0.29) is 16.8 Å². The average Bonchev–Trinajstić information content (AvgIpc) is 2.58. The highest BCUT2D eigenvalue weighted by Gasteiger charge is 2.17. The maximum Gasteiger partial charge on any atom is 0.255 e. The van der Waals surface area contributed by atoms with Gasteiger partial charge in [0.15, 0.2) is 9.84 Å². The van der Waals surface area contributed by atoms with E-state index in [1.807, 2.05) is 6.92 Å². The fraction of sp³-hybridized carbons (Fsp3) is 0.278. The van der Waals surface area contributed by atoms with Gasteiger partial charge in [0.2, 0.25) is 0 Å². The van der Waals surface area contributed by atoms with Gasteiger partial charge >= 0.3 is 0 Å². The monoisotopic (exact) mass is 347 g/mol. The Kier molecular flexibility index (Phi) is 5.62. The quantitative estimate of drug-likeness (QED) is 0.872. The van der Waals surface area contributed by atoms with E-state index in [9.17, 15) is 13.2 Å². The van der Waals surface area contributed by atoms with E-state index in [4.69, 9.17) is 4.74 Å². The molecule has 0 fully saturated rings. The van der Waals surface area contributed by atoms with Crippen molar-refractivity contribution in [2.45, 2.75) is 24.3 Å². The first-order valence-corrected chi connectivity index (χ1v) is 9.50. The number of nitrogens with one attached hydrogen (secondary N) is 1. The summed E-state index contributed by atoms with van der Waals surface area (Å²) in [7, 11) is -1.71. The molecule has 2 rings (SSSR count). The van der Waals surface area contributed by atoms with E-state index >= 15 is 0 Å². The molecule has 6 heteroatoms. The fourth-order valence-corrected chi connectivity index (χ4v) is 3.07. The van der Waals surface area contributed by atoms with Crippen LogP contribution in [0, 0.1) is 0 Å². The summed E-state index contributed by atoms with van der Waals surface area (Å²) in [6, 6.07) is 13.4. The summed E-state index contributed by atoms with van der Waals surface area (Å²) in [6.07, 6.45) is 1.85. The van der Waals surface area contributed by atoms with Crippen LogP contribution < -0.4 is 10.1 Å². The molecule has 0 aliphatic carbocycles. The molecule has 1 amide bonds. The second-order valence-electron chi connectivity index (χ2n) is 5.48. The van der Waals surface area contributed by atoms with Crippen molar-refractivity contribution in [3.05, 3.63) is 59.7 Å². The third kappa shape index (κ3) is 4.14. The number of sulfone groups is 1. The molecule has 2 aromatic carbocycles. The highest BCUT2D eigenvalue weighted by molar-refractivity contribution is 7.90. The normalized spacial score (nSPS) is 12.5. The number of rotatable bonds is 6. The summed E-state index contributed by atoms with van der Waals surface area (Å²) in [4.78, 5) is 12.8. The Balaban J connectivity index is 2.21. The lowest BCUT2D eigenvalue weighted by Gasteiger charge is -2.18. The molecule has 0 aromatic heterocycles. The molecule has 24 heavy (non-hydrogen) atoms. The minimum Gasteiger partial charge on any atom is -0.496 e. The summed E-state index contributed by atoms with van der Waals surface area (Å²) in [5, 5.41) is 2.96. The Bertz CT molecular complexity index is 813. The van der Waals surface area contributed by atoms with Crippen LogP contribution in [-0.4, -0.2) is 27.7 Å². The molecular weight excluding hydrogens is 326 g/mol. The van der Waals surface area contributed by atoms with Crippen molar-refractivity contribution >= 4 is 15.7 Å². The van der Waals surface area contributed by atoms with Crippen LogP contribution >= 0.6 is 0 Å². The third-order valence-electron chi connectivity index (χ3n) is 3.78. The largest absolute Gasteiger partial charge is 0.496 e. The van der Waals surface area contributed by atoms with E-state index in [0.717, 1.165) is 5.56 Å². The number of ether oxygens (including phenoxy) is 1. The molecule has 2 aromatic rings. The first kappa shape index (κ1) is 18.0. The Morgan fingerprint density at radius 3 is 2.29 bits per heavy atom. The van der Waals surface area contributed by atoms with Gasteiger partial charge in [-0.1, -0.05) is 31.2 Å². The van der Waals surface area contributed by atoms with Crippen LogP contribution in [-0.2, 0) is 9.84 Å². The minimum absolute atomic E-state index is 0.212. The Labute approximate surface area is 142 Å². The van der Waals surface area contributed by atoms with Crippen LogP contribution in [0.2, 0.25) is 0 Å². The number of carbonyl (C=O) groups excluding carboxylic acids is 1. The van der Waals surface area contributed by atoms with Gasteiger partial charge < -0.3 is 10.1 Å². The van der Waals surface area contributed by atoms with E-state index in [1.54, 1.807) is 48.5 Å². The highest BCUT2D eigenvalue weighted by atomic mass is 32.2. The first-order chi connectivity index (χ1) is 11.4. The second kappa shape index (κ2) is 7.49. The summed E-state index contributed by atoms with van der Waals surface area (Å²) in [5.41, 5.74) is 1.32. The maximum atomic E-state index is 12.5. The SMILES string of the molecule is CCC(NC(=O)c1ccccc1OC)c1ccc(S(C)(=O)=O)cc1. The molecule has 0 radical (unpaired) electrons. The number of carbonyl (C=O) groups is 1. The van der Waals surface area contributed by atoms with Gasteiger partial charge in [0, 0.05) is 6.26 Å². The number of para-hydroxylation sites is 1. The van der Waals surface area contributed by atoms with Crippen molar-refractivity contribution in [2.75, 3.05) is 13.4 Å². The second-order valence-corrected chi connectivity index (χ2v) is 7.49. The lowest BCUT2D eigenvalue weighted by atomic mass is 10.0. The Morgan fingerprint density at radius 2 is 1.75 bits per heavy atom. The van der Waals surface area contributed by atoms with Crippen LogP contribution in [0.1, 0.15) is 35.3 Å². The van der Waals surface area contributed by atoms with Crippen LogP contribution in [0.25, 0.3) is 0 Å². The molecule has 0 saturated carbocycles. The number of hydrogen-bond donors (Lipinski definition) is 1. The number of amides is 1. The molecule has 1 atom stereocenters. The van der Waals surface area contributed by atoms with Gasteiger partial charge in [0.05, 0.1) is 23.6 Å². The van der Waals surface area contributed by atoms with E-state index < -0.39 is 9.84 Å². The summed E-state index contributed by atoms with van der Waals surface area (Å²) < 4.78 is 28.3. The molecule has 0 bridgehead atoms. The predicted octanol–water partition coefficient (Wildman–Crippen LogP) is 2.98. The topological polar surface area (TPSA) is 72.5 Å². The van der Waals surface area contributed by atoms with Gasteiger partial charge in [0.1, 0.15) is 5.75 Å². The van der Waals surface area contributed by atoms with Gasteiger partial charge in [-0.05, 0) is 36.2 Å². The van der Waals surface area contributed by atoms with Gasteiger partial charge in [-0.15, -0.1) is 0 Å². The van der Waals surface area contributed by atoms with Crippen LogP contribution in [0.15, 0.2) is 53.4 Å². The van der Waals surface area contributed by atoms with Crippen molar-refractivity contribution in [2.24, 2.45) is 0 Å². The first-order valence-electron chi connectivity index (χ1n) is 7.60. The van der Waals surface area contributed by atoms with Crippen LogP contribution in [0.3, 0.4) is 0 Å². The van der Waals surface area contributed by atoms with Crippen molar-refractivity contribution in [3.8, 4) is 5.75 Å². The van der Waals surface area contributed by atoms with Gasteiger partial charge in [-0.3, -0.25) is 4.79 Å². The third-order valence-corrected chi connectivity index (χ3v) is 4.90.